The zero-order valence-electron chi connectivity index (χ0n) is 17.6. The van der Waals surface area contributed by atoms with Gasteiger partial charge >= 0.3 is 0 Å². The number of halogens is 2. The molecule has 7 nitrogen and oxygen atoms in total. The number of hydrogen-bond donors (Lipinski definition) is 2. The largest absolute Gasteiger partial charge is 0.451 e. The van der Waals surface area contributed by atoms with Crippen LogP contribution >= 0.6 is 46.8 Å². The second-order valence-corrected chi connectivity index (χ2v) is 9.75. The monoisotopic (exact) mass is 532 g/mol. The van der Waals surface area contributed by atoms with Gasteiger partial charge in [0.2, 0.25) is 0 Å². The number of aromatic nitrogens is 1. The lowest BCUT2D eigenvalue weighted by Crippen LogP contribution is -2.36. The lowest BCUT2D eigenvalue weighted by atomic mass is 10.2. The van der Waals surface area contributed by atoms with Gasteiger partial charge in [0.1, 0.15) is 5.76 Å². The van der Waals surface area contributed by atoms with Crippen LogP contribution in [0.15, 0.2) is 52.9 Å². The number of thiazole rings is 1. The maximum atomic E-state index is 12.6. The number of morpholine rings is 1. The normalized spacial score (nSPS) is 13.8. The van der Waals surface area contributed by atoms with Crippen LogP contribution in [0.2, 0.25) is 10.0 Å². The van der Waals surface area contributed by atoms with Crippen LogP contribution in [0.3, 0.4) is 0 Å². The van der Waals surface area contributed by atoms with Crippen molar-refractivity contribution in [1.82, 2.24) is 10.3 Å². The molecule has 34 heavy (non-hydrogen) atoms. The minimum absolute atomic E-state index is 0.0923. The first kappa shape index (κ1) is 23.1. The molecule has 0 spiro atoms. The highest BCUT2D eigenvalue weighted by atomic mass is 35.5. The Morgan fingerprint density at radius 1 is 1.09 bits per heavy atom. The summed E-state index contributed by atoms with van der Waals surface area (Å²) >= 11 is 19.0. The number of thiocarbonyl (C=S) groups is 1. The zero-order valence-corrected chi connectivity index (χ0v) is 20.8. The van der Waals surface area contributed by atoms with E-state index in [0.29, 0.717) is 26.5 Å². The summed E-state index contributed by atoms with van der Waals surface area (Å²) in [5.74, 6) is 0.0334. The summed E-state index contributed by atoms with van der Waals surface area (Å²) in [4.78, 5) is 19.5. The maximum Gasteiger partial charge on any atom is 0.293 e. The molecule has 0 radical (unpaired) electrons. The first-order chi connectivity index (χ1) is 16.5. The van der Waals surface area contributed by atoms with E-state index in [-0.39, 0.29) is 10.9 Å². The molecular formula is C23H18Cl2N4O3S2. The van der Waals surface area contributed by atoms with Gasteiger partial charge < -0.3 is 19.4 Å². The Balaban J connectivity index is 1.24. The number of nitrogens with zero attached hydrogens (tertiary/aromatic N) is 2. The number of fused-ring (bicyclic) bond motifs is 1. The molecule has 2 N–H and O–H groups in total. The first-order valence-electron chi connectivity index (χ1n) is 10.4. The van der Waals surface area contributed by atoms with Gasteiger partial charge in [-0.3, -0.25) is 10.1 Å². The molecule has 0 unspecified atom stereocenters. The van der Waals surface area contributed by atoms with E-state index >= 15 is 0 Å². The van der Waals surface area contributed by atoms with Gasteiger partial charge in [-0.1, -0.05) is 34.5 Å². The van der Waals surface area contributed by atoms with Crippen molar-refractivity contribution in [3.63, 3.8) is 0 Å². The van der Waals surface area contributed by atoms with Crippen molar-refractivity contribution in [2.75, 3.05) is 36.5 Å². The van der Waals surface area contributed by atoms with E-state index in [1.54, 1.807) is 30.3 Å². The molecule has 0 bridgehead atoms. The highest BCUT2D eigenvalue weighted by Gasteiger charge is 2.17. The summed E-state index contributed by atoms with van der Waals surface area (Å²) in [7, 11) is 0. The van der Waals surface area contributed by atoms with Crippen LogP contribution in [0.25, 0.3) is 21.5 Å². The average Bonchev–Trinajstić information content (AvgIpc) is 3.47. The van der Waals surface area contributed by atoms with E-state index < -0.39 is 5.91 Å². The number of nitrogens with one attached hydrogen (secondary N) is 2. The molecule has 2 aromatic carbocycles. The molecule has 1 aliphatic heterocycles. The van der Waals surface area contributed by atoms with Crippen LogP contribution in [0.4, 0.5) is 10.8 Å². The molecule has 0 saturated carbocycles. The highest BCUT2D eigenvalue weighted by Crippen LogP contribution is 2.32. The molecule has 1 fully saturated rings. The average molecular weight is 533 g/mol. The molecule has 0 aliphatic carbocycles. The van der Waals surface area contributed by atoms with Crippen molar-refractivity contribution in [2.45, 2.75) is 0 Å². The van der Waals surface area contributed by atoms with Crippen LogP contribution in [-0.4, -0.2) is 42.3 Å². The summed E-state index contributed by atoms with van der Waals surface area (Å²) in [6, 6.07) is 14.4. The predicted octanol–water partition coefficient (Wildman–Crippen LogP) is 5.83. The number of furan rings is 1. The standard InChI is InChI=1S/C23H18Cl2N4O3S2/c24-13-1-3-16(25)15(11-13)18-5-6-19(32-18)21(30)27-22(33)28-23-26-17-4-2-14(12-20(17)34-23)29-7-9-31-10-8-29/h1-6,11-12H,7-10H2,(H2,26,27,28,30,33). The van der Waals surface area contributed by atoms with Gasteiger partial charge in [0.05, 0.1) is 28.5 Å². The van der Waals surface area contributed by atoms with Crippen LogP contribution in [0.1, 0.15) is 10.6 Å². The Hall–Kier alpha value is -2.69. The van der Waals surface area contributed by atoms with Gasteiger partial charge in [-0.15, -0.1) is 0 Å². The van der Waals surface area contributed by atoms with Crippen LogP contribution in [0.5, 0.6) is 0 Å². The second kappa shape index (κ2) is 9.89. The van der Waals surface area contributed by atoms with E-state index in [9.17, 15) is 4.79 Å². The number of hydrogen-bond acceptors (Lipinski definition) is 7. The zero-order chi connectivity index (χ0) is 23.7. The topological polar surface area (TPSA) is 79.6 Å². The lowest BCUT2D eigenvalue weighted by molar-refractivity contribution is 0.0951. The fourth-order valence-corrected chi connectivity index (χ4v) is 5.11. The number of ether oxygens (including phenoxy) is 1. The Bertz CT molecular complexity index is 1380. The number of amides is 1. The summed E-state index contributed by atoms with van der Waals surface area (Å²) < 4.78 is 12.1. The van der Waals surface area contributed by atoms with Gasteiger partial charge in [0, 0.05) is 29.4 Å². The van der Waals surface area contributed by atoms with Crippen molar-refractivity contribution >= 4 is 78.8 Å². The van der Waals surface area contributed by atoms with Gasteiger partial charge in [-0.2, -0.15) is 0 Å². The van der Waals surface area contributed by atoms with Gasteiger partial charge in [0.25, 0.3) is 5.91 Å². The Labute approximate surface area is 214 Å². The summed E-state index contributed by atoms with van der Waals surface area (Å²) in [5, 5.41) is 7.29. The third-order valence-corrected chi connectivity index (χ3v) is 6.92. The molecule has 0 atom stereocenters. The smallest absolute Gasteiger partial charge is 0.293 e. The van der Waals surface area contributed by atoms with Crippen molar-refractivity contribution in [1.29, 1.82) is 0 Å². The van der Waals surface area contributed by atoms with Crippen molar-refractivity contribution in [3.05, 3.63) is 64.3 Å². The lowest BCUT2D eigenvalue weighted by Gasteiger charge is -2.28. The molecule has 174 valence electrons. The third kappa shape index (κ3) is 5.03. The SMILES string of the molecule is O=C(NC(=S)Nc1nc2ccc(N3CCOCC3)cc2s1)c1ccc(-c2cc(Cl)ccc2Cl)o1. The Morgan fingerprint density at radius 2 is 1.91 bits per heavy atom. The first-order valence-corrected chi connectivity index (χ1v) is 12.4. The van der Waals surface area contributed by atoms with Gasteiger partial charge in [-0.05, 0) is 60.7 Å². The molecule has 1 aliphatic rings. The molecule has 3 heterocycles. The minimum Gasteiger partial charge on any atom is -0.451 e. The summed E-state index contributed by atoms with van der Waals surface area (Å²) in [6.45, 7) is 3.18. The molecule has 4 aromatic rings. The Morgan fingerprint density at radius 3 is 2.74 bits per heavy atom. The fourth-order valence-electron chi connectivity index (χ4n) is 3.57. The van der Waals surface area contributed by atoms with E-state index in [0.717, 1.165) is 42.2 Å². The summed E-state index contributed by atoms with van der Waals surface area (Å²) in [6.07, 6.45) is 0. The van der Waals surface area contributed by atoms with E-state index in [1.807, 2.05) is 6.07 Å². The second-order valence-electron chi connectivity index (χ2n) is 7.47. The van der Waals surface area contributed by atoms with E-state index in [1.165, 1.54) is 11.3 Å². The number of carbonyl (C=O) groups excluding carboxylic acids is 1. The molecule has 5 rings (SSSR count). The highest BCUT2D eigenvalue weighted by molar-refractivity contribution is 7.80. The quantitative estimate of drug-likeness (QED) is 0.320. The van der Waals surface area contributed by atoms with Crippen molar-refractivity contribution in [2.24, 2.45) is 0 Å². The van der Waals surface area contributed by atoms with E-state index in [2.05, 4.69) is 32.7 Å². The minimum atomic E-state index is -0.488. The molecule has 11 heteroatoms. The number of benzene rings is 2. The van der Waals surface area contributed by atoms with Gasteiger partial charge in [-0.25, -0.2) is 4.98 Å². The molecule has 2 aromatic heterocycles. The van der Waals surface area contributed by atoms with Crippen molar-refractivity contribution < 1.29 is 13.9 Å². The van der Waals surface area contributed by atoms with Crippen molar-refractivity contribution in [3.8, 4) is 11.3 Å². The van der Waals surface area contributed by atoms with Crippen LogP contribution < -0.4 is 15.5 Å². The number of carbonyl (C=O) groups is 1. The third-order valence-electron chi connectivity index (χ3n) is 5.22. The summed E-state index contributed by atoms with van der Waals surface area (Å²) in [5.41, 5.74) is 2.59. The number of anilines is 2. The molecule has 1 amide bonds. The number of rotatable bonds is 4. The van der Waals surface area contributed by atoms with Gasteiger partial charge in [0.15, 0.2) is 16.0 Å². The Kier molecular flexibility index (Phi) is 6.71. The fraction of sp³-hybridized carbons (Fsp3) is 0.174. The molecule has 1 saturated heterocycles. The van der Waals surface area contributed by atoms with Crippen LogP contribution in [0, 0.1) is 0 Å². The van der Waals surface area contributed by atoms with Crippen LogP contribution in [-0.2, 0) is 4.74 Å². The maximum absolute atomic E-state index is 12.6. The van der Waals surface area contributed by atoms with E-state index in [4.69, 9.17) is 44.6 Å². The predicted molar refractivity (Wildman–Crippen MR) is 141 cm³/mol. The molecular weight excluding hydrogens is 515 g/mol.